The number of nitrogens with zero attached hydrogens (tertiary/aromatic N) is 2. The van der Waals surface area contributed by atoms with Crippen molar-refractivity contribution in [2.24, 2.45) is 0 Å². The van der Waals surface area contributed by atoms with Gasteiger partial charge in [-0.3, -0.25) is 13.9 Å². The number of anilines is 2. The molecule has 3 aromatic carbocycles. The zero-order valence-electron chi connectivity index (χ0n) is 21.4. The first-order valence-corrected chi connectivity index (χ1v) is 12.5. The van der Waals surface area contributed by atoms with E-state index in [-0.39, 0.29) is 17.8 Å². The van der Waals surface area contributed by atoms with Crippen LogP contribution in [0.3, 0.4) is 0 Å². The minimum atomic E-state index is -0.448. The fourth-order valence-corrected chi connectivity index (χ4v) is 4.14. The SMILES string of the molecule is CCCn1c(=O)c(C)c(Nc2ccc(Oc3cccc(C(=O)OC)c3)cc2)n(Cc2ccc(Cl)cc2)c1=O. The van der Waals surface area contributed by atoms with Gasteiger partial charge in [-0.05, 0) is 73.5 Å². The van der Waals surface area contributed by atoms with Gasteiger partial charge in [-0.15, -0.1) is 0 Å². The lowest BCUT2D eigenvalue weighted by Gasteiger charge is -2.19. The summed E-state index contributed by atoms with van der Waals surface area (Å²) >= 11 is 6.03. The number of esters is 1. The lowest BCUT2D eigenvalue weighted by molar-refractivity contribution is 0.0600. The molecule has 0 aliphatic rings. The van der Waals surface area contributed by atoms with Crippen LogP contribution < -0.4 is 21.3 Å². The molecular formula is C29H28ClN3O5. The molecule has 1 aromatic heterocycles. The summed E-state index contributed by atoms with van der Waals surface area (Å²) in [7, 11) is 1.32. The highest BCUT2D eigenvalue weighted by Gasteiger charge is 2.17. The van der Waals surface area contributed by atoms with Crippen molar-refractivity contribution in [3.63, 3.8) is 0 Å². The third kappa shape index (κ3) is 5.98. The van der Waals surface area contributed by atoms with E-state index in [0.29, 0.717) is 52.1 Å². The number of benzene rings is 3. The summed E-state index contributed by atoms with van der Waals surface area (Å²) in [6, 6.07) is 21.0. The Morgan fingerprint density at radius 3 is 2.32 bits per heavy atom. The van der Waals surface area contributed by atoms with Gasteiger partial charge in [-0.25, -0.2) is 9.59 Å². The average Bonchev–Trinajstić information content (AvgIpc) is 2.93. The van der Waals surface area contributed by atoms with E-state index in [1.165, 1.54) is 11.7 Å². The summed E-state index contributed by atoms with van der Waals surface area (Å²) in [5.74, 6) is 1.00. The van der Waals surface area contributed by atoms with Gasteiger partial charge in [0.1, 0.15) is 17.3 Å². The number of carbonyl (C=O) groups excluding carboxylic acids is 1. The van der Waals surface area contributed by atoms with Crippen molar-refractivity contribution < 1.29 is 14.3 Å². The minimum Gasteiger partial charge on any atom is -0.465 e. The maximum Gasteiger partial charge on any atom is 0.337 e. The van der Waals surface area contributed by atoms with Gasteiger partial charge in [0.2, 0.25) is 0 Å². The van der Waals surface area contributed by atoms with E-state index in [1.807, 2.05) is 19.1 Å². The van der Waals surface area contributed by atoms with Crippen LogP contribution in [0, 0.1) is 6.92 Å². The third-order valence-electron chi connectivity index (χ3n) is 5.96. The largest absolute Gasteiger partial charge is 0.465 e. The monoisotopic (exact) mass is 533 g/mol. The minimum absolute atomic E-state index is 0.265. The van der Waals surface area contributed by atoms with Crippen molar-refractivity contribution in [1.29, 1.82) is 0 Å². The van der Waals surface area contributed by atoms with E-state index in [1.54, 1.807) is 72.2 Å². The molecule has 0 bridgehead atoms. The Bertz CT molecular complexity index is 1560. The van der Waals surface area contributed by atoms with Gasteiger partial charge >= 0.3 is 11.7 Å². The molecule has 0 saturated heterocycles. The number of carbonyl (C=O) groups is 1. The van der Waals surface area contributed by atoms with E-state index >= 15 is 0 Å². The molecule has 0 radical (unpaired) electrons. The van der Waals surface area contributed by atoms with Crippen molar-refractivity contribution in [2.75, 3.05) is 12.4 Å². The molecule has 0 amide bonds. The first-order chi connectivity index (χ1) is 18.3. The van der Waals surface area contributed by atoms with Crippen LogP contribution in [0.15, 0.2) is 82.4 Å². The number of methoxy groups -OCH3 is 1. The van der Waals surface area contributed by atoms with Crippen molar-refractivity contribution in [3.8, 4) is 11.5 Å². The Balaban J connectivity index is 1.64. The number of aromatic nitrogens is 2. The standard InChI is InChI=1S/C29H28ClN3O5/c1-4-16-32-27(34)19(2)26(33(29(32)36)18-20-8-10-22(30)11-9-20)31-23-12-14-24(15-13-23)38-25-7-5-6-21(17-25)28(35)37-3/h5-15,17,31H,4,16,18H2,1-3H3. The molecule has 4 rings (SSSR count). The Morgan fingerprint density at radius 2 is 1.66 bits per heavy atom. The zero-order valence-corrected chi connectivity index (χ0v) is 22.1. The lowest BCUT2D eigenvalue weighted by Crippen LogP contribution is -2.42. The number of nitrogens with one attached hydrogen (secondary N) is 1. The van der Waals surface area contributed by atoms with Gasteiger partial charge in [0, 0.05) is 17.3 Å². The summed E-state index contributed by atoms with van der Waals surface area (Å²) in [5, 5.41) is 3.86. The average molecular weight is 534 g/mol. The zero-order chi connectivity index (χ0) is 27.2. The Labute approximate surface area is 225 Å². The van der Waals surface area contributed by atoms with E-state index in [4.69, 9.17) is 21.1 Å². The molecule has 0 atom stereocenters. The van der Waals surface area contributed by atoms with Crippen molar-refractivity contribution in [2.45, 2.75) is 33.4 Å². The van der Waals surface area contributed by atoms with Crippen molar-refractivity contribution in [3.05, 3.63) is 115 Å². The van der Waals surface area contributed by atoms with Crippen LogP contribution in [-0.4, -0.2) is 22.2 Å². The van der Waals surface area contributed by atoms with Crippen molar-refractivity contribution in [1.82, 2.24) is 9.13 Å². The highest BCUT2D eigenvalue weighted by atomic mass is 35.5. The smallest absolute Gasteiger partial charge is 0.337 e. The molecule has 4 aromatic rings. The molecule has 1 N–H and O–H groups in total. The van der Waals surface area contributed by atoms with Crippen LogP contribution in [0.2, 0.25) is 5.02 Å². The van der Waals surface area contributed by atoms with Crippen LogP contribution >= 0.6 is 11.6 Å². The number of hydrogen-bond donors (Lipinski definition) is 1. The topological polar surface area (TPSA) is 91.6 Å². The molecule has 0 aliphatic carbocycles. The van der Waals surface area contributed by atoms with Crippen LogP contribution in [0.5, 0.6) is 11.5 Å². The van der Waals surface area contributed by atoms with Gasteiger partial charge in [-0.1, -0.05) is 36.7 Å². The van der Waals surface area contributed by atoms with E-state index in [0.717, 1.165) is 5.56 Å². The van der Waals surface area contributed by atoms with Gasteiger partial charge in [-0.2, -0.15) is 0 Å². The van der Waals surface area contributed by atoms with E-state index in [9.17, 15) is 14.4 Å². The number of rotatable bonds is 9. The van der Waals surface area contributed by atoms with Gasteiger partial charge in [0.05, 0.1) is 24.8 Å². The molecule has 0 unspecified atom stereocenters. The highest BCUT2D eigenvalue weighted by molar-refractivity contribution is 6.30. The first-order valence-electron chi connectivity index (χ1n) is 12.1. The molecule has 8 nitrogen and oxygen atoms in total. The summed E-state index contributed by atoms with van der Waals surface area (Å²) < 4.78 is 13.5. The molecule has 0 aliphatic heterocycles. The first kappa shape index (κ1) is 26.8. The van der Waals surface area contributed by atoms with Gasteiger partial charge in [0.15, 0.2) is 0 Å². The van der Waals surface area contributed by atoms with Crippen LogP contribution in [-0.2, 0) is 17.8 Å². The van der Waals surface area contributed by atoms with Gasteiger partial charge < -0.3 is 14.8 Å². The summed E-state index contributed by atoms with van der Waals surface area (Å²) in [5.41, 5.74) is 1.66. The maximum absolute atomic E-state index is 13.4. The molecule has 196 valence electrons. The second kappa shape index (κ2) is 11.8. The Morgan fingerprint density at radius 1 is 0.947 bits per heavy atom. The summed E-state index contributed by atoms with van der Waals surface area (Å²) in [4.78, 5) is 38.2. The van der Waals surface area contributed by atoms with Gasteiger partial charge in [0.25, 0.3) is 5.56 Å². The number of halogens is 1. The highest BCUT2D eigenvalue weighted by Crippen LogP contribution is 2.26. The van der Waals surface area contributed by atoms with Crippen LogP contribution in [0.4, 0.5) is 11.5 Å². The number of hydrogen-bond acceptors (Lipinski definition) is 6. The van der Waals surface area contributed by atoms with Crippen LogP contribution in [0.25, 0.3) is 0 Å². The quantitative estimate of drug-likeness (QED) is 0.275. The summed E-state index contributed by atoms with van der Waals surface area (Å²) in [6.45, 7) is 4.23. The van der Waals surface area contributed by atoms with Crippen LogP contribution in [0.1, 0.15) is 34.8 Å². The molecule has 0 spiro atoms. The second-order valence-corrected chi connectivity index (χ2v) is 9.13. The molecule has 0 saturated carbocycles. The number of ether oxygens (including phenoxy) is 2. The Hall–Kier alpha value is -4.30. The Kier molecular flexibility index (Phi) is 8.33. The van der Waals surface area contributed by atoms with E-state index in [2.05, 4.69) is 5.32 Å². The fraction of sp³-hybridized carbons (Fsp3) is 0.207. The van der Waals surface area contributed by atoms with Crippen molar-refractivity contribution >= 4 is 29.1 Å². The third-order valence-corrected chi connectivity index (χ3v) is 6.21. The molecule has 38 heavy (non-hydrogen) atoms. The molecule has 9 heteroatoms. The molecule has 1 heterocycles. The lowest BCUT2D eigenvalue weighted by atomic mass is 10.2. The summed E-state index contributed by atoms with van der Waals surface area (Å²) in [6.07, 6.45) is 0.659. The predicted molar refractivity (Wildman–Crippen MR) is 148 cm³/mol. The van der Waals surface area contributed by atoms with E-state index < -0.39 is 5.97 Å². The molecule has 0 fully saturated rings. The fourth-order valence-electron chi connectivity index (χ4n) is 4.02. The predicted octanol–water partition coefficient (Wildman–Crippen LogP) is 5.75. The molecular weight excluding hydrogens is 506 g/mol. The second-order valence-electron chi connectivity index (χ2n) is 8.70. The maximum atomic E-state index is 13.4. The normalized spacial score (nSPS) is 10.7.